The Balaban J connectivity index is 2.13. The lowest BCUT2D eigenvalue weighted by atomic mass is 9.98. The lowest BCUT2D eigenvalue weighted by Gasteiger charge is -2.25. The molecule has 0 radical (unpaired) electrons. The fourth-order valence-electron chi connectivity index (χ4n) is 3.56. The maximum atomic E-state index is 13.0. The van der Waals surface area contributed by atoms with Crippen molar-refractivity contribution in [3.63, 3.8) is 0 Å². The van der Waals surface area contributed by atoms with Crippen LogP contribution in [0, 0.1) is 6.92 Å². The first kappa shape index (κ1) is 22.3. The van der Waals surface area contributed by atoms with Crippen molar-refractivity contribution in [2.24, 2.45) is 0 Å². The lowest BCUT2D eigenvalue weighted by Crippen LogP contribution is -2.32. The van der Waals surface area contributed by atoms with Crippen LogP contribution in [0.25, 0.3) is 5.76 Å². The standard InChI is InChI=1S/C22H25ClN2O4S/c1-13-8-11-30-21(13)18-17(19(26)15-12-14(29-4)6-7-16(15)23)20(27)22(28)25(18)10-5-9-24(2)3/h6-8,11-12,18,26H,5,9-10H2,1-4H3/b19-17+. The van der Waals surface area contributed by atoms with E-state index in [1.807, 2.05) is 37.4 Å². The molecule has 1 atom stereocenters. The van der Waals surface area contributed by atoms with Crippen LogP contribution in [0.15, 0.2) is 35.2 Å². The van der Waals surface area contributed by atoms with Crippen molar-refractivity contribution in [2.75, 3.05) is 34.3 Å². The number of amides is 1. The fourth-order valence-corrected chi connectivity index (χ4v) is 4.82. The van der Waals surface area contributed by atoms with Crippen molar-refractivity contribution in [3.8, 4) is 5.75 Å². The number of aliphatic hydroxyl groups is 1. The summed E-state index contributed by atoms with van der Waals surface area (Å²) in [5.74, 6) is -1.10. The molecule has 1 aromatic carbocycles. The predicted octanol–water partition coefficient (Wildman–Crippen LogP) is 4.09. The Morgan fingerprint density at radius 1 is 1.30 bits per heavy atom. The second kappa shape index (κ2) is 9.20. The molecule has 0 bridgehead atoms. The molecule has 1 N–H and O–H groups in total. The van der Waals surface area contributed by atoms with Crippen molar-refractivity contribution < 1.29 is 19.4 Å². The Hall–Kier alpha value is -2.35. The number of aliphatic hydroxyl groups excluding tert-OH is 1. The third kappa shape index (κ3) is 4.24. The summed E-state index contributed by atoms with van der Waals surface area (Å²) in [6.45, 7) is 3.12. The number of rotatable bonds is 7. The minimum atomic E-state index is -0.700. The van der Waals surface area contributed by atoms with E-state index in [2.05, 4.69) is 0 Å². The van der Waals surface area contributed by atoms with Crippen LogP contribution in [0.3, 0.4) is 0 Å². The number of aryl methyl sites for hydroxylation is 1. The molecule has 3 rings (SSSR count). The van der Waals surface area contributed by atoms with Gasteiger partial charge in [-0.3, -0.25) is 9.59 Å². The topological polar surface area (TPSA) is 70.1 Å². The Morgan fingerprint density at radius 3 is 2.63 bits per heavy atom. The summed E-state index contributed by atoms with van der Waals surface area (Å²) in [5, 5.41) is 13.3. The van der Waals surface area contributed by atoms with Gasteiger partial charge in [0, 0.05) is 17.0 Å². The molecule has 160 valence electrons. The highest BCUT2D eigenvalue weighted by molar-refractivity contribution is 7.10. The van der Waals surface area contributed by atoms with Crippen LogP contribution in [0.4, 0.5) is 0 Å². The van der Waals surface area contributed by atoms with Crippen molar-refractivity contribution in [1.82, 2.24) is 9.80 Å². The highest BCUT2D eigenvalue weighted by Crippen LogP contribution is 2.43. The van der Waals surface area contributed by atoms with Gasteiger partial charge in [-0.05, 0) is 69.2 Å². The van der Waals surface area contributed by atoms with Crippen LogP contribution in [-0.4, -0.2) is 60.9 Å². The third-order valence-corrected chi connectivity index (χ3v) is 6.52. The fraction of sp³-hybridized carbons (Fsp3) is 0.364. The van der Waals surface area contributed by atoms with E-state index in [0.717, 1.165) is 17.0 Å². The van der Waals surface area contributed by atoms with Gasteiger partial charge in [-0.15, -0.1) is 11.3 Å². The first-order valence-electron chi connectivity index (χ1n) is 9.57. The van der Waals surface area contributed by atoms with Crippen molar-refractivity contribution in [3.05, 3.63) is 56.2 Å². The van der Waals surface area contributed by atoms with Crippen LogP contribution in [0.2, 0.25) is 5.02 Å². The monoisotopic (exact) mass is 448 g/mol. The highest BCUT2D eigenvalue weighted by Gasteiger charge is 2.47. The average molecular weight is 449 g/mol. The van der Waals surface area contributed by atoms with Crippen LogP contribution in [0.5, 0.6) is 5.75 Å². The predicted molar refractivity (Wildman–Crippen MR) is 119 cm³/mol. The third-order valence-electron chi connectivity index (χ3n) is 5.12. The Morgan fingerprint density at radius 2 is 2.03 bits per heavy atom. The van der Waals surface area contributed by atoms with E-state index in [4.69, 9.17) is 16.3 Å². The van der Waals surface area contributed by atoms with Crippen molar-refractivity contribution in [2.45, 2.75) is 19.4 Å². The number of hydrogen-bond acceptors (Lipinski definition) is 6. The summed E-state index contributed by atoms with van der Waals surface area (Å²) in [5.41, 5.74) is 1.29. The zero-order chi connectivity index (χ0) is 22.0. The molecule has 1 fully saturated rings. The first-order valence-corrected chi connectivity index (χ1v) is 10.8. The van der Waals surface area contributed by atoms with Gasteiger partial charge in [0.2, 0.25) is 0 Å². The van der Waals surface area contributed by atoms with Gasteiger partial charge in [0.25, 0.3) is 11.7 Å². The summed E-state index contributed by atoms with van der Waals surface area (Å²) >= 11 is 7.77. The first-order chi connectivity index (χ1) is 14.3. The summed E-state index contributed by atoms with van der Waals surface area (Å²) in [6, 6.07) is 6.12. The molecule has 2 aromatic rings. The van der Waals surface area contributed by atoms with E-state index in [9.17, 15) is 14.7 Å². The van der Waals surface area contributed by atoms with Crippen LogP contribution in [0.1, 0.15) is 28.5 Å². The number of likely N-dealkylation sites (tertiary alicyclic amines) is 1. The molecule has 1 amide bonds. The molecule has 0 saturated carbocycles. The van der Waals surface area contributed by atoms with Crippen LogP contribution in [-0.2, 0) is 9.59 Å². The minimum Gasteiger partial charge on any atom is -0.507 e. The van der Waals surface area contributed by atoms with E-state index < -0.39 is 17.7 Å². The van der Waals surface area contributed by atoms with Gasteiger partial charge in [0.05, 0.1) is 23.7 Å². The molecule has 6 nitrogen and oxygen atoms in total. The second-order valence-corrected chi connectivity index (χ2v) is 8.82. The van der Waals surface area contributed by atoms with Gasteiger partial charge >= 0.3 is 0 Å². The number of Topliss-reactive ketones (excluding diaryl/α,β-unsaturated/α-hetero) is 1. The zero-order valence-electron chi connectivity index (χ0n) is 17.4. The van der Waals surface area contributed by atoms with E-state index in [0.29, 0.717) is 18.7 Å². The summed E-state index contributed by atoms with van der Waals surface area (Å²) in [4.78, 5) is 30.4. The van der Waals surface area contributed by atoms with E-state index >= 15 is 0 Å². The zero-order valence-corrected chi connectivity index (χ0v) is 19.0. The van der Waals surface area contributed by atoms with Gasteiger partial charge < -0.3 is 19.6 Å². The van der Waals surface area contributed by atoms with Crippen LogP contribution < -0.4 is 4.74 Å². The van der Waals surface area contributed by atoms with E-state index in [1.165, 1.54) is 18.4 Å². The van der Waals surface area contributed by atoms with Gasteiger partial charge in [0.15, 0.2) is 0 Å². The molecular weight excluding hydrogens is 424 g/mol. The van der Waals surface area contributed by atoms with Gasteiger partial charge in [-0.1, -0.05) is 11.6 Å². The van der Waals surface area contributed by atoms with E-state index in [-0.39, 0.29) is 21.9 Å². The highest BCUT2D eigenvalue weighted by atomic mass is 35.5. The summed E-state index contributed by atoms with van der Waals surface area (Å²) in [6.07, 6.45) is 0.709. The molecule has 1 saturated heterocycles. The molecule has 1 aliphatic rings. The number of benzene rings is 1. The molecule has 30 heavy (non-hydrogen) atoms. The number of ketones is 1. The number of carbonyl (C=O) groups excluding carboxylic acids is 2. The Labute approximate surface area is 185 Å². The number of nitrogens with zero attached hydrogens (tertiary/aromatic N) is 2. The van der Waals surface area contributed by atoms with Gasteiger partial charge in [-0.25, -0.2) is 0 Å². The quantitative estimate of drug-likeness (QED) is 0.392. The Kier molecular flexibility index (Phi) is 6.85. The molecule has 0 spiro atoms. The molecular formula is C22H25ClN2O4S. The molecule has 1 aromatic heterocycles. The number of thiophene rings is 1. The molecule has 0 aliphatic carbocycles. The molecule has 1 unspecified atom stereocenters. The normalized spacial score (nSPS) is 18.5. The van der Waals surface area contributed by atoms with Crippen molar-refractivity contribution in [1.29, 1.82) is 0 Å². The van der Waals surface area contributed by atoms with Crippen LogP contribution >= 0.6 is 22.9 Å². The SMILES string of the molecule is COc1ccc(Cl)c(/C(O)=C2\C(=O)C(=O)N(CCCN(C)C)C2c2sccc2C)c1. The number of carbonyl (C=O) groups is 2. The molecule has 8 heteroatoms. The van der Waals surface area contributed by atoms with Crippen molar-refractivity contribution >= 4 is 40.4 Å². The summed E-state index contributed by atoms with van der Waals surface area (Å²) in [7, 11) is 5.42. The maximum absolute atomic E-state index is 13.0. The average Bonchev–Trinajstić information content (AvgIpc) is 3.23. The minimum absolute atomic E-state index is 0.0607. The Bertz CT molecular complexity index is 999. The lowest BCUT2D eigenvalue weighted by molar-refractivity contribution is -0.139. The summed E-state index contributed by atoms with van der Waals surface area (Å²) < 4.78 is 5.23. The molecule has 1 aliphatic heterocycles. The maximum Gasteiger partial charge on any atom is 0.295 e. The number of hydrogen-bond donors (Lipinski definition) is 1. The number of methoxy groups -OCH3 is 1. The molecule has 2 heterocycles. The number of ether oxygens (including phenoxy) is 1. The smallest absolute Gasteiger partial charge is 0.295 e. The number of halogens is 1. The second-order valence-electron chi connectivity index (χ2n) is 7.46. The van der Waals surface area contributed by atoms with E-state index in [1.54, 1.807) is 23.1 Å². The largest absolute Gasteiger partial charge is 0.507 e. The van der Waals surface area contributed by atoms with Gasteiger partial charge in [-0.2, -0.15) is 0 Å². The van der Waals surface area contributed by atoms with Gasteiger partial charge in [0.1, 0.15) is 11.5 Å².